The summed E-state index contributed by atoms with van der Waals surface area (Å²) in [6.07, 6.45) is 1.34. The van der Waals surface area contributed by atoms with Crippen molar-refractivity contribution in [1.82, 2.24) is 14.8 Å². The van der Waals surface area contributed by atoms with E-state index in [2.05, 4.69) is 17.0 Å². The average molecular weight is 259 g/mol. The van der Waals surface area contributed by atoms with Crippen LogP contribution in [0.25, 0.3) is 11.4 Å². The van der Waals surface area contributed by atoms with Crippen molar-refractivity contribution in [2.24, 2.45) is 0 Å². The first-order chi connectivity index (χ1) is 9.19. The number of carbonyl (C=O) groups excluding carboxylic acids is 1. The number of carbonyl (C=O) groups is 1. The minimum Gasteiger partial charge on any atom is -0.466 e. The van der Waals surface area contributed by atoms with Gasteiger partial charge < -0.3 is 4.74 Å². The van der Waals surface area contributed by atoms with E-state index in [1.807, 2.05) is 24.3 Å². The molecule has 0 fully saturated rings. The molecule has 0 aliphatic heterocycles. The highest BCUT2D eigenvalue weighted by molar-refractivity contribution is 5.82. The Morgan fingerprint density at radius 1 is 1.26 bits per heavy atom. The van der Waals surface area contributed by atoms with Gasteiger partial charge in [0.25, 0.3) is 0 Å². The van der Waals surface area contributed by atoms with Gasteiger partial charge in [-0.05, 0) is 12.0 Å². The Hall–Kier alpha value is -2.17. The standard InChI is InChI=1S/C14H17N3O2/c1-4-10-6-8-11(9-7-10)13-15-14(19-3)16-17(13)12(18)5-2/h6-9H,4-5H2,1-3H3. The van der Waals surface area contributed by atoms with Gasteiger partial charge in [-0.3, -0.25) is 4.79 Å². The first-order valence-electron chi connectivity index (χ1n) is 6.33. The molecule has 0 aliphatic carbocycles. The third-order valence-electron chi connectivity index (χ3n) is 2.93. The zero-order chi connectivity index (χ0) is 13.8. The van der Waals surface area contributed by atoms with Crippen molar-refractivity contribution in [2.45, 2.75) is 26.7 Å². The molecule has 19 heavy (non-hydrogen) atoms. The molecule has 1 aromatic heterocycles. The zero-order valence-electron chi connectivity index (χ0n) is 11.4. The molecule has 0 N–H and O–H groups in total. The number of nitrogens with zero attached hydrogens (tertiary/aromatic N) is 3. The van der Waals surface area contributed by atoms with Crippen LogP contribution >= 0.6 is 0 Å². The van der Waals surface area contributed by atoms with Crippen LogP contribution in [0, 0.1) is 0 Å². The van der Waals surface area contributed by atoms with Gasteiger partial charge in [-0.1, -0.05) is 38.1 Å². The molecule has 5 nitrogen and oxygen atoms in total. The van der Waals surface area contributed by atoms with Gasteiger partial charge in [-0.15, -0.1) is 5.10 Å². The van der Waals surface area contributed by atoms with Gasteiger partial charge in [0, 0.05) is 12.0 Å². The van der Waals surface area contributed by atoms with Gasteiger partial charge >= 0.3 is 6.01 Å². The molecular formula is C14H17N3O2. The largest absolute Gasteiger partial charge is 0.466 e. The summed E-state index contributed by atoms with van der Waals surface area (Å²) in [5.41, 5.74) is 2.10. The highest BCUT2D eigenvalue weighted by Gasteiger charge is 2.16. The van der Waals surface area contributed by atoms with E-state index in [0.29, 0.717) is 12.2 Å². The number of methoxy groups -OCH3 is 1. The van der Waals surface area contributed by atoms with E-state index in [1.165, 1.54) is 17.4 Å². The van der Waals surface area contributed by atoms with Crippen molar-refractivity contribution in [1.29, 1.82) is 0 Å². The Morgan fingerprint density at radius 3 is 2.47 bits per heavy atom. The molecule has 0 saturated carbocycles. The lowest BCUT2D eigenvalue weighted by molar-refractivity contribution is 0.0893. The highest BCUT2D eigenvalue weighted by atomic mass is 16.5. The predicted octanol–water partition coefficient (Wildman–Crippen LogP) is 2.57. The van der Waals surface area contributed by atoms with E-state index < -0.39 is 0 Å². The van der Waals surface area contributed by atoms with E-state index in [4.69, 9.17) is 4.74 Å². The van der Waals surface area contributed by atoms with Crippen LogP contribution in [0.4, 0.5) is 0 Å². The van der Waals surface area contributed by atoms with Crippen LogP contribution in [0.1, 0.15) is 30.6 Å². The number of ether oxygens (including phenoxy) is 1. The maximum Gasteiger partial charge on any atom is 0.336 e. The Bertz CT molecular complexity index is 573. The lowest BCUT2D eigenvalue weighted by Gasteiger charge is -2.03. The number of hydrogen-bond acceptors (Lipinski definition) is 4. The molecule has 2 rings (SSSR count). The van der Waals surface area contributed by atoms with Gasteiger partial charge in [-0.2, -0.15) is 9.67 Å². The number of aromatic nitrogens is 3. The van der Waals surface area contributed by atoms with E-state index in [-0.39, 0.29) is 11.9 Å². The van der Waals surface area contributed by atoms with E-state index in [0.717, 1.165) is 12.0 Å². The first-order valence-corrected chi connectivity index (χ1v) is 6.33. The summed E-state index contributed by atoms with van der Waals surface area (Å²) in [6, 6.07) is 8.15. The van der Waals surface area contributed by atoms with Crippen molar-refractivity contribution in [3.63, 3.8) is 0 Å². The van der Waals surface area contributed by atoms with Crippen LogP contribution in [0.5, 0.6) is 6.01 Å². The van der Waals surface area contributed by atoms with Crippen LogP contribution in [0.3, 0.4) is 0 Å². The summed E-state index contributed by atoms with van der Waals surface area (Å²) >= 11 is 0. The van der Waals surface area contributed by atoms with Crippen LogP contribution in [-0.4, -0.2) is 27.8 Å². The molecule has 100 valence electrons. The highest BCUT2D eigenvalue weighted by Crippen LogP contribution is 2.21. The summed E-state index contributed by atoms with van der Waals surface area (Å²) < 4.78 is 6.31. The second-order valence-corrected chi connectivity index (χ2v) is 4.13. The molecule has 0 bridgehead atoms. The third-order valence-corrected chi connectivity index (χ3v) is 2.93. The fourth-order valence-electron chi connectivity index (χ4n) is 1.78. The second-order valence-electron chi connectivity index (χ2n) is 4.13. The summed E-state index contributed by atoms with van der Waals surface area (Å²) in [4.78, 5) is 16.1. The molecule has 2 aromatic rings. The summed E-state index contributed by atoms with van der Waals surface area (Å²) in [5, 5.41) is 4.05. The van der Waals surface area contributed by atoms with Crippen LogP contribution in [0.2, 0.25) is 0 Å². The Balaban J connectivity index is 2.46. The van der Waals surface area contributed by atoms with Crippen LogP contribution in [0.15, 0.2) is 24.3 Å². The van der Waals surface area contributed by atoms with Crippen molar-refractivity contribution >= 4 is 5.91 Å². The lowest BCUT2D eigenvalue weighted by atomic mass is 10.1. The molecule has 0 aliphatic rings. The molecule has 1 aromatic carbocycles. The zero-order valence-corrected chi connectivity index (χ0v) is 11.4. The lowest BCUT2D eigenvalue weighted by Crippen LogP contribution is -2.12. The topological polar surface area (TPSA) is 57.0 Å². The van der Waals surface area contributed by atoms with E-state index in [9.17, 15) is 4.79 Å². The molecule has 0 atom stereocenters. The fraction of sp³-hybridized carbons (Fsp3) is 0.357. The van der Waals surface area contributed by atoms with E-state index in [1.54, 1.807) is 6.92 Å². The Kier molecular flexibility index (Phi) is 3.94. The summed E-state index contributed by atoms with van der Waals surface area (Å²) in [5.74, 6) is 0.414. The predicted molar refractivity (Wildman–Crippen MR) is 72.3 cm³/mol. The quantitative estimate of drug-likeness (QED) is 0.846. The SMILES string of the molecule is CCC(=O)n1nc(OC)nc1-c1ccc(CC)cc1. The molecule has 5 heteroatoms. The van der Waals surface area contributed by atoms with Crippen molar-refractivity contribution in [2.75, 3.05) is 7.11 Å². The Labute approximate surface area is 112 Å². The van der Waals surface area contributed by atoms with Gasteiger partial charge in [0.15, 0.2) is 5.82 Å². The summed E-state index contributed by atoms with van der Waals surface area (Å²) in [6.45, 7) is 3.89. The number of benzene rings is 1. The normalized spacial score (nSPS) is 10.5. The average Bonchev–Trinajstić information content (AvgIpc) is 2.90. The van der Waals surface area contributed by atoms with Crippen LogP contribution < -0.4 is 4.74 Å². The summed E-state index contributed by atoms with van der Waals surface area (Å²) in [7, 11) is 1.49. The second kappa shape index (κ2) is 5.65. The number of hydrogen-bond donors (Lipinski definition) is 0. The number of rotatable bonds is 4. The van der Waals surface area contributed by atoms with Crippen molar-refractivity contribution in [3.8, 4) is 17.4 Å². The minimum absolute atomic E-state index is 0.106. The van der Waals surface area contributed by atoms with Gasteiger partial charge in [0.1, 0.15) is 0 Å². The van der Waals surface area contributed by atoms with Crippen molar-refractivity contribution < 1.29 is 9.53 Å². The van der Waals surface area contributed by atoms with Crippen LogP contribution in [-0.2, 0) is 6.42 Å². The first kappa shape index (κ1) is 13.3. The Morgan fingerprint density at radius 2 is 1.95 bits per heavy atom. The molecule has 1 heterocycles. The van der Waals surface area contributed by atoms with E-state index >= 15 is 0 Å². The van der Waals surface area contributed by atoms with Gasteiger partial charge in [0.05, 0.1) is 7.11 Å². The molecule has 0 saturated heterocycles. The molecule has 0 radical (unpaired) electrons. The smallest absolute Gasteiger partial charge is 0.336 e. The van der Waals surface area contributed by atoms with Crippen molar-refractivity contribution in [3.05, 3.63) is 29.8 Å². The monoisotopic (exact) mass is 259 g/mol. The van der Waals surface area contributed by atoms with Gasteiger partial charge in [-0.25, -0.2) is 0 Å². The molecule has 0 spiro atoms. The molecule has 0 amide bonds. The molecule has 0 unspecified atom stereocenters. The fourth-order valence-corrected chi connectivity index (χ4v) is 1.78. The third kappa shape index (κ3) is 2.65. The minimum atomic E-state index is -0.106. The maximum absolute atomic E-state index is 11.9. The number of aryl methyl sites for hydroxylation is 1. The van der Waals surface area contributed by atoms with Gasteiger partial charge in [0.2, 0.25) is 5.91 Å². The molecular weight excluding hydrogens is 242 g/mol. The maximum atomic E-state index is 11.9.